The number of nitrogen functional groups attached to an aromatic ring is 1. The van der Waals surface area contributed by atoms with Gasteiger partial charge in [-0.05, 0) is 42.2 Å². The van der Waals surface area contributed by atoms with Gasteiger partial charge < -0.3 is 15.2 Å². The molecule has 0 radical (unpaired) electrons. The minimum Gasteiger partial charge on any atom is -0.465 e. The largest absolute Gasteiger partial charge is 0.465 e. The fourth-order valence-corrected chi connectivity index (χ4v) is 2.16. The van der Waals surface area contributed by atoms with Crippen molar-refractivity contribution in [1.82, 2.24) is 0 Å². The molecule has 0 aromatic heterocycles. The van der Waals surface area contributed by atoms with Gasteiger partial charge >= 0.3 is 5.97 Å². The normalized spacial score (nSPS) is 15.1. The lowest BCUT2D eigenvalue weighted by molar-refractivity contribution is 0.0600. The second-order valence-corrected chi connectivity index (χ2v) is 4.29. The van der Waals surface area contributed by atoms with E-state index in [9.17, 15) is 4.79 Å². The van der Waals surface area contributed by atoms with E-state index in [1.165, 1.54) is 12.7 Å². The van der Waals surface area contributed by atoms with Gasteiger partial charge in [0.15, 0.2) is 0 Å². The zero-order valence-electron chi connectivity index (χ0n) is 10.7. The molecule has 18 heavy (non-hydrogen) atoms. The van der Waals surface area contributed by atoms with Gasteiger partial charge in [0, 0.05) is 5.69 Å². The lowest BCUT2D eigenvalue weighted by Gasteiger charge is -2.18. The molecule has 1 heterocycles. The number of hydrogen-bond acceptors (Lipinski definition) is 4. The lowest BCUT2D eigenvalue weighted by Crippen LogP contribution is -2.10. The van der Waals surface area contributed by atoms with Crippen molar-refractivity contribution in [2.45, 2.75) is 13.3 Å². The summed E-state index contributed by atoms with van der Waals surface area (Å²) in [5.74, 6) is -0.353. The van der Waals surface area contributed by atoms with Crippen LogP contribution in [-0.2, 0) is 9.47 Å². The van der Waals surface area contributed by atoms with Gasteiger partial charge in [-0.1, -0.05) is 6.08 Å². The number of esters is 1. The van der Waals surface area contributed by atoms with Gasteiger partial charge in [-0.2, -0.15) is 0 Å². The summed E-state index contributed by atoms with van der Waals surface area (Å²) in [6.07, 6.45) is 2.87. The highest BCUT2D eigenvalue weighted by molar-refractivity contribution is 5.94. The first-order chi connectivity index (χ1) is 8.63. The van der Waals surface area contributed by atoms with Crippen LogP contribution in [0, 0.1) is 6.92 Å². The van der Waals surface area contributed by atoms with E-state index in [4.69, 9.17) is 15.2 Å². The van der Waals surface area contributed by atoms with Crippen molar-refractivity contribution in [3.63, 3.8) is 0 Å². The zero-order valence-corrected chi connectivity index (χ0v) is 10.7. The average molecular weight is 247 g/mol. The number of nitrogens with two attached hydrogens (primary N) is 1. The van der Waals surface area contributed by atoms with E-state index in [0.29, 0.717) is 24.5 Å². The van der Waals surface area contributed by atoms with E-state index < -0.39 is 0 Å². The molecule has 0 amide bonds. The molecule has 2 rings (SSSR count). The Morgan fingerprint density at radius 1 is 1.44 bits per heavy atom. The summed E-state index contributed by atoms with van der Waals surface area (Å²) in [7, 11) is 1.37. The van der Waals surface area contributed by atoms with E-state index in [1.54, 1.807) is 6.07 Å². The molecule has 4 heteroatoms. The van der Waals surface area contributed by atoms with Crippen molar-refractivity contribution in [1.29, 1.82) is 0 Å². The van der Waals surface area contributed by atoms with E-state index in [0.717, 1.165) is 17.5 Å². The molecule has 2 N–H and O–H groups in total. The Balaban J connectivity index is 2.50. The zero-order chi connectivity index (χ0) is 13.1. The minimum atomic E-state index is -0.353. The Morgan fingerprint density at radius 2 is 2.22 bits per heavy atom. The fraction of sp³-hybridized carbons (Fsp3) is 0.357. The van der Waals surface area contributed by atoms with E-state index >= 15 is 0 Å². The monoisotopic (exact) mass is 247 g/mol. The number of hydrogen-bond donors (Lipinski definition) is 1. The number of rotatable bonds is 2. The van der Waals surface area contributed by atoms with Gasteiger partial charge in [0.05, 0.1) is 25.9 Å². The highest BCUT2D eigenvalue weighted by Crippen LogP contribution is 2.29. The maximum atomic E-state index is 11.7. The van der Waals surface area contributed by atoms with E-state index in [2.05, 4.69) is 0 Å². The third-order valence-corrected chi connectivity index (χ3v) is 3.14. The Hall–Kier alpha value is -1.81. The quantitative estimate of drug-likeness (QED) is 0.642. The number of carbonyl (C=O) groups excluding carboxylic acids is 1. The molecule has 0 spiro atoms. The van der Waals surface area contributed by atoms with E-state index in [-0.39, 0.29) is 5.97 Å². The van der Waals surface area contributed by atoms with Crippen LogP contribution in [0.4, 0.5) is 5.69 Å². The summed E-state index contributed by atoms with van der Waals surface area (Å²) < 4.78 is 10.1. The van der Waals surface area contributed by atoms with Crippen LogP contribution >= 0.6 is 0 Å². The van der Waals surface area contributed by atoms with Gasteiger partial charge in [-0.15, -0.1) is 0 Å². The van der Waals surface area contributed by atoms with Crippen molar-refractivity contribution in [3.8, 4) is 0 Å². The van der Waals surface area contributed by atoms with Crippen LogP contribution in [0.15, 0.2) is 18.2 Å². The van der Waals surface area contributed by atoms with Crippen molar-refractivity contribution in [3.05, 3.63) is 34.9 Å². The summed E-state index contributed by atoms with van der Waals surface area (Å²) in [5, 5.41) is 0. The average Bonchev–Trinajstić information content (AvgIpc) is 2.41. The van der Waals surface area contributed by atoms with Gasteiger partial charge in [0.25, 0.3) is 0 Å². The molecule has 0 saturated heterocycles. The van der Waals surface area contributed by atoms with Crippen LogP contribution in [0.3, 0.4) is 0 Å². The predicted octanol–water partition coefficient (Wildman–Crippen LogP) is 2.17. The Labute approximate surface area is 106 Å². The second-order valence-electron chi connectivity index (χ2n) is 4.29. The topological polar surface area (TPSA) is 61.5 Å². The first kappa shape index (κ1) is 12.6. The van der Waals surface area contributed by atoms with E-state index in [1.807, 2.05) is 19.1 Å². The SMILES string of the molecule is COC(=O)c1cc(N)cc(C2=CCOCC2)c1C. The van der Waals surface area contributed by atoms with Crippen LogP contribution in [0.2, 0.25) is 0 Å². The van der Waals surface area contributed by atoms with Crippen LogP contribution in [0.25, 0.3) is 5.57 Å². The molecule has 96 valence electrons. The molecule has 0 bridgehead atoms. The highest BCUT2D eigenvalue weighted by Gasteiger charge is 2.16. The first-order valence-electron chi connectivity index (χ1n) is 5.89. The Morgan fingerprint density at radius 3 is 2.83 bits per heavy atom. The minimum absolute atomic E-state index is 0.353. The fourth-order valence-electron chi connectivity index (χ4n) is 2.16. The smallest absolute Gasteiger partial charge is 0.338 e. The van der Waals surface area contributed by atoms with Crippen molar-refractivity contribution in [2.24, 2.45) is 0 Å². The molecule has 0 fully saturated rings. The lowest BCUT2D eigenvalue weighted by atomic mass is 9.93. The summed E-state index contributed by atoms with van der Waals surface area (Å²) in [6, 6.07) is 3.56. The third kappa shape index (κ3) is 2.38. The van der Waals surface area contributed by atoms with Crippen LogP contribution < -0.4 is 5.73 Å². The number of anilines is 1. The summed E-state index contributed by atoms with van der Waals surface area (Å²) in [6.45, 7) is 3.22. The number of methoxy groups -OCH3 is 1. The molecule has 1 aromatic rings. The molecule has 0 unspecified atom stereocenters. The van der Waals surface area contributed by atoms with Crippen molar-refractivity contribution < 1.29 is 14.3 Å². The second kappa shape index (κ2) is 5.23. The third-order valence-electron chi connectivity index (χ3n) is 3.14. The molecule has 0 atom stereocenters. The first-order valence-corrected chi connectivity index (χ1v) is 5.89. The molecule has 4 nitrogen and oxygen atoms in total. The summed E-state index contributed by atoms with van der Waals surface area (Å²) in [4.78, 5) is 11.7. The number of carbonyl (C=O) groups is 1. The maximum absolute atomic E-state index is 11.7. The van der Waals surface area contributed by atoms with Crippen LogP contribution in [-0.4, -0.2) is 26.3 Å². The summed E-state index contributed by atoms with van der Waals surface area (Å²) in [5.41, 5.74) is 10.1. The van der Waals surface area contributed by atoms with Crippen LogP contribution in [0.1, 0.15) is 27.9 Å². The van der Waals surface area contributed by atoms with Gasteiger partial charge in [-0.3, -0.25) is 0 Å². The Kier molecular flexibility index (Phi) is 3.67. The molecule has 1 aromatic carbocycles. The van der Waals surface area contributed by atoms with Crippen LogP contribution in [0.5, 0.6) is 0 Å². The number of benzene rings is 1. The maximum Gasteiger partial charge on any atom is 0.338 e. The standard InChI is InChI=1S/C14H17NO3/c1-9-12(10-3-5-18-6-4-10)7-11(15)8-13(9)14(16)17-2/h3,7-8H,4-6,15H2,1-2H3. The van der Waals surface area contributed by atoms with Gasteiger partial charge in [-0.25, -0.2) is 4.79 Å². The summed E-state index contributed by atoms with van der Waals surface area (Å²) >= 11 is 0. The van der Waals surface area contributed by atoms with Crippen molar-refractivity contribution in [2.75, 3.05) is 26.1 Å². The molecular weight excluding hydrogens is 230 g/mol. The number of ether oxygens (including phenoxy) is 2. The molecular formula is C14H17NO3. The van der Waals surface area contributed by atoms with Gasteiger partial charge in [0.2, 0.25) is 0 Å². The molecule has 1 aliphatic heterocycles. The van der Waals surface area contributed by atoms with Crippen molar-refractivity contribution >= 4 is 17.2 Å². The molecule has 0 aliphatic carbocycles. The molecule has 0 saturated carbocycles. The highest BCUT2D eigenvalue weighted by atomic mass is 16.5. The van der Waals surface area contributed by atoms with Gasteiger partial charge in [0.1, 0.15) is 0 Å². The molecule has 1 aliphatic rings. The Bertz CT molecular complexity index is 506. The predicted molar refractivity (Wildman–Crippen MR) is 70.3 cm³/mol.